The van der Waals surface area contributed by atoms with Gasteiger partial charge in [-0.15, -0.1) is 0 Å². The van der Waals surface area contributed by atoms with Gasteiger partial charge in [-0.1, -0.05) is 53.7 Å². The molecule has 1 aliphatic rings. The van der Waals surface area contributed by atoms with Crippen LogP contribution in [-0.2, 0) is 14.8 Å². The van der Waals surface area contributed by atoms with Crippen LogP contribution in [-0.4, -0.2) is 44.0 Å². The van der Waals surface area contributed by atoms with Crippen LogP contribution in [0.15, 0.2) is 64.0 Å². The average molecular weight is 494 g/mol. The third-order valence-electron chi connectivity index (χ3n) is 5.74. The molecule has 4 rings (SSSR count). The number of amides is 1. The highest BCUT2D eigenvalue weighted by molar-refractivity contribution is 7.89. The summed E-state index contributed by atoms with van der Waals surface area (Å²) in [6.07, 6.45) is 5.93. The van der Waals surface area contributed by atoms with E-state index in [-0.39, 0.29) is 23.1 Å². The van der Waals surface area contributed by atoms with Gasteiger partial charge in [-0.05, 0) is 48.3 Å². The van der Waals surface area contributed by atoms with Crippen LogP contribution in [0.5, 0.6) is 5.75 Å². The topological polar surface area (TPSA) is 102 Å². The largest absolute Gasteiger partial charge is 0.495 e. The van der Waals surface area contributed by atoms with E-state index in [1.54, 1.807) is 37.3 Å². The summed E-state index contributed by atoms with van der Waals surface area (Å²) in [6.45, 7) is 3.79. The lowest BCUT2D eigenvalue weighted by atomic mass is 10.0. The van der Waals surface area contributed by atoms with Gasteiger partial charge in [0.05, 0.1) is 7.11 Å². The Morgan fingerprint density at radius 2 is 1.94 bits per heavy atom. The molecule has 2 heterocycles. The molecule has 0 spiro atoms. The third-order valence-corrected chi connectivity index (χ3v) is 7.63. The van der Waals surface area contributed by atoms with Gasteiger partial charge in [-0.25, -0.2) is 8.42 Å². The molecule has 1 amide bonds. The molecule has 1 N–H and O–H groups in total. The van der Waals surface area contributed by atoms with Crippen molar-refractivity contribution in [2.45, 2.75) is 25.2 Å². The van der Waals surface area contributed by atoms with Gasteiger partial charge in [0.15, 0.2) is 5.76 Å². The number of benzene rings is 2. The number of ether oxygens (including phenoxy) is 1. The summed E-state index contributed by atoms with van der Waals surface area (Å²) in [5.41, 5.74) is 3.90. The van der Waals surface area contributed by atoms with Crippen molar-refractivity contribution in [1.29, 1.82) is 0 Å². The van der Waals surface area contributed by atoms with Crippen molar-refractivity contribution in [1.82, 2.24) is 9.46 Å². The molecule has 0 radical (unpaired) electrons. The Balaban J connectivity index is 1.60. The molecule has 0 bridgehead atoms. The maximum absolute atomic E-state index is 13.5. The van der Waals surface area contributed by atoms with Crippen LogP contribution in [0.2, 0.25) is 0 Å². The lowest BCUT2D eigenvalue weighted by Gasteiger charge is -2.26. The minimum absolute atomic E-state index is 0.0922. The van der Waals surface area contributed by atoms with E-state index in [1.807, 2.05) is 36.4 Å². The standard InChI is InChI=1S/C26H27N3O5S/c1-18-26(27-19(2)30)24(34-28-18)12-10-20-9-11-23(33-3)25(17-20)35(31,32)29-15-13-22(14-16-29)21-7-5-4-6-8-21/h4-13,17H,14-16H2,1-3H3,(H,27,30). The number of nitrogens with zero attached hydrogens (tertiary/aromatic N) is 2. The van der Waals surface area contributed by atoms with E-state index in [4.69, 9.17) is 9.26 Å². The van der Waals surface area contributed by atoms with Crippen molar-refractivity contribution >= 4 is 39.3 Å². The van der Waals surface area contributed by atoms with Gasteiger partial charge in [-0.3, -0.25) is 4.79 Å². The molecule has 2 aromatic carbocycles. The molecule has 0 fully saturated rings. The zero-order valence-corrected chi connectivity index (χ0v) is 20.6. The summed E-state index contributed by atoms with van der Waals surface area (Å²) in [6, 6.07) is 14.9. The van der Waals surface area contributed by atoms with E-state index in [1.165, 1.54) is 18.3 Å². The molecule has 8 nitrogen and oxygen atoms in total. The smallest absolute Gasteiger partial charge is 0.247 e. The van der Waals surface area contributed by atoms with Crippen LogP contribution in [0.3, 0.4) is 0 Å². The number of sulfonamides is 1. The van der Waals surface area contributed by atoms with E-state index in [0.717, 1.165) is 11.1 Å². The van der Waals surface area contributed by atoms with E-state index < -0.39 is 10.0 Å². The number of methoxy groups -OCH3 is 1. The van der Waals surface area contributed by atoms with Crippen molar-refractivity contribution < 1.29 is 22.5 Å². The second-order valence-electron chi connectivity index (χ2n) is 8.14. The highest BCUT2D eigenvalue weighted by Gasteiger charge is 2.29. The van der Waals surface area contributed by atoms with E-state index in [2.05, 4.69) is 10.5 Å². The van der Waals surface area contributed by atoms with E-state index in [9.17, 15) is 13.2 Å². The second kappa shape index (κ2) is 10.3. The van der Waals surface area contributed by atoms with Crippen molar-refractivity contribution in [3.63, 3.8) is 0 Å². The lowest BCUT2D eigenvalue weighted by molar-refractivity contribution is -0.114. The number of carbonyl (C=O) groups is 1. The second-order valence-corrected chi connectivity index (χ2v) is 10.0. The Morgan fingerprint density at radius 3 is 2.60 bits per heavy atom. The first-order valence-electron chi connectivity index (χ1n) is 11.1. The molecule has 9 heteroatoms. The van der Waals surface area contributed by atoms with Crippen molar-refractivity contribution in [2.75, 3.05) is 25.5 Å². The van der Waals surface area contributed by atoms with E-state index in [0.29, 0.717) is 35.7 Å². The number of hydrogen-bond acceptors (Lipinski definition) is 6. The molecule has 0 unspecified atom stereocenters. The molecule has 35 heavy (non-hydrogen) atoms. The molecule has 0 saturated heterocycles. The summed E-state index contributed by atoms with van der Waals surface area (Å²) in [5.74, 6) is 0.400. The predicted molar refractivity (Wildman–Crippen MR) is 135 cm³/mol. The fourth-order valence-corrected chi connectivity index (χ4v) is 5.49. The van der Waals surface area contributed by atoms with Gasteiger partial charge in [0, 0.05) is 20.0 Å². The van der Waals surface area contributed by atoms with Crippen LogP contribution in [0, 0.1) is 6.92 Å². The normalized spacial score (nSPS) is 14.7. The zero-order valence-electron chi connectivity index (χ0n) is 19.8. The summed E-state index contributed by atoms with van der Waals surface area (Å²) in [7, 11) is -2.35. The first-order chi connectivity index (χ1) is 16.8. The van der Waals surface area contributed by atoms with Crippen molar-refractivity contribution in [2.24, 2.45) is 0 Å². The highest BCUT2D eigenvalue weighted by Crippen LogP contribution is 2.32. The highest BCUT2D eigenvalue weighted by atomic mass is 32.2. The summed E-state index contributed by atoms with van der Waals surface area (Å²) >= 11 is 0. The first kappa shape index (κ1) is 24.4. The average Bonchev–Trinajstić information content (AvgIpc) is 3.21. The van der Waals surface area contributed by atoms with Gasteiger partial charge < -0.3 is 14.6 Å². The van der Waals surface area contributed by atoms with Crippen LogP contribution < -0.4 is 10.1 Å². The van der Waals surface area contributed by atoms with Crippen molar-refractivity contribution in [3.05, 3.63) is 77.2 Å². The SMILES string of the molecule is COc1ccc(C=Cc2onc(C)c2NC(C)=O)cc1S(=O)(=O)N1CC=C(c2ccccc2)CC1. The molecule has 3 aromatic rings. The van der Waals surface area contributed by atoms with Gasteiger partial charge in [-0.2, -0.15) is 4.31 Å². The quantitative estimate of drug-likeness (QED) is 0.516. The fourth-order valence-electron chi connectivity index (χ4n) is 3.92. The lowest BCUT2D eigenvalue weighted by Crippen LogP contribution is -2.35. The van der Waals surface area contributed by atoms with Gasteiger partial charge in [0.1, 0.15) is 22.0 Å². The maximum Gasteiger partial charge on any atom is 0.247 e. The number of rotatable bonds is 7. The Bertz CT molecular complexity index is 1390. The first-order valence-corrected chi connectivity index (χ1v) is 12.6. The third kappa shape index (κ3) is 5.36. The number of anilines is 1. The minimum atomic E-state index is -3.80. The minimum Gasteiger partial charge on any atom is -0.495 e. The van der Waals surface area contributed by atoms with Crippen LogP contribution in [0.4, 0.5) is 5.69 Å². The Morgan fingerprint density at radius 1 is 1.17 bits per heavy atom. The maximum atomic E-state index is 13.5. The Labute approximate surface area is 204 Å². The number of hydrogen-bond donors (Lipinski definition) is 1. The van der Waals surface area contributed by atoms with Crippen molar-refractivity contribution in [3.8, 4) is 5.75 Å². The van der Waals surface area contributed by atoms with Gasteiger partial charge >= 0.3 is 0 Å². The monoisotopic (exact) mass is 493 g/mol. The molecule has 0 saturated carbocycles. The Hall–Kier alpha value is -3.69. The molecule has 1 aromatic heterocycles. The van der Waals surface area contributed by atoms with Crippen LogP contribution in [0.1, 0.15) is 35.9 Å². The summed E-state index contributed by atoms with van der Waals surface area (Å²) in [5, 5.41) is 6.58. The number of nitrogens with one attached hydrogen (secondary N) is 1. The molecular formula is C26H27N3O5S. The van der Waals surface area contributed by atoms with Gasteiger partial charge in [0.25, 0.3) is 0 Å². The van der Waals surface area contributed by atoms with Crippen LogP contribution >= 0.6 is 0 Å². The summed E-state index contributed by atoms with van der Waals surface area (Å²) in [4.78, 5) is 11.6. The molecular weight excluding hydrogens is 466 g/mol. The van der Waals surface area contributed by atoms with E-state index >= 15 is 0 Å². The fraction of sp³-hybridized carbons (Fsp3) is 0.231. The molecule has 0 atom stereocenters. The molecule has 182 valence electrons. The predicted octanol–water partition coefficient (Wildman–Crippen LogP) is 4.60. The molecule has 0 aliphatic carbocycles. The zero-order chi connectivity index (χ0) is 25.0. The number of aryl methyl sites for hydroxylation is 1. The molecule has 1 aliphatic heterocycles. The number of carbonyl (C=O) groups excluding carboxylic acids is 1. The van der Waals surface area contributed by atoms with Crippen LogP contribution in [0.25, 0.3) is 17.7 Å². The van der Waals surface area contributed by atoms with Gasteiger partial charge in [0.2, 0.25) is 15.9 Å². The Kier molecular flexibility index (Phi) is 7.18. The summed E-state index contributed by atoms with van der Waals surface area (Å²) < 4.78 is 39.2. The number of aromatic nitrogens is 1.